The molecule has 0 aliphatic rings. The van der Waals surface area contributed by atoms with Crippen LogP contribution in [0.4, 0.5) is 0 Å². The lowest BCUT2D eigenvalue weighted by Crippen LogP contribution is -2.15. The quantitative estimate of drug-likeness (QED) is 0.877. The summed E-state index contributed by atoms with van der Waals surface area (Å²) in [6.45, 7) is 4.83. The van der Waals surface area contributed by atoms with Crippen molar-refractivity contribution >= 4 is 0 Å². The van der Waals surface area contributed by atoms with Crippen LogP contribution in [0.2, 0.25) is 0 Å². The first-order valence-corrected chi connectivity index (χ1v) is 7.29. The number of ether oxygens (including phenoxy) is 2. The molecule has 0 bridgehead atoms. The smallest absolute Gasteiger partial charge is 0.124 e. The fraction of sp³-hybridized carbons (Fsp3) is 0.333. The number of aryl methyl sites for hydroxylation is 1. The van der Waals surface area contributed by atoms with E-state index in [-0.39, 0.29) is 6.04 Å². The second-order valence-electron chi connectivity index (χ2n) is 5.11. The Kier molecular flexibility index (Phi) is 5.23. The Balaban J connectivity index is 2.40. The Morgan fingerprint density at radius 2 is 1.81 bits per heavy atom. The van der Waals surface area contributed by atoms with Gasteiger partial charge < -0.3 is 15.2 Å². The van der Waals surface area contributed by atoms with E-state index in [0.717, 1.165) is 34.6 Å². The van der Waals surface area contributed by atoms with Gasteiger partial charge in [0.1, 0.15) is 11.5 Å². The van der Waals surface area contributed by atoms with Crippen molar-refractivity contribution in [3.05, 3.63) is 59.2 Å². The Hall–Kier alpha value is -2.00. The molecule has 112 valence electrons. The summed E-state index contributed by atoms with van der Waals surface area (Å²) in [4.78, 5) is 0. The van der Waals surface area contributed by atoms with E-state index in [0.29, 0.717) is 6.61 Å². The molecule has 0 aromatic heterocycles. The van der Waals surface area contributed by atoms with Gasteiger partial charge in [-0.05, 0) is 25.5 Å². The first-order chi connectivity index (χ1) is 10.2. The highest BCUT2D eigenvalue weighted by molar-refractivity contribution is 5.47. The summed E-state index contributed by atoms with van der Waals surface area (Å²) < 4.78 is 11.3. The topological polar surface area (TPSA) is 44.5 Å². The SMILES string of the molecule is CCCOc1ccccc1C(N)c1cc(C)ccc1OC. The van der Waals surface area contributed by atoms with Gasteiger partial charge >= 0.3 is 0 Å². The molecule has 2 aromatic carbocycles. The summed E-state index contributed by atoms with van der Waals surface area (Å²) in [5.41, 5.74) is 9.59. The zero-order chi connectivity index (χ0) is 15.2. The van der Waals surface area contributed by atoms with Gasteiger partial charge in [0.2, 0.25) is 0 Å². The molecule has 0 spiro atoms. The number of methoxy groups -OCH3 is 1. The van der Waals surface area contributed by atoms with Gasteiger partial charge in [0, 0.05) is 11.1 Å². The molecule has 1 atom stereocenters. The number of para-hydroxylation sites is 1. The molecule has 2 aromatic rings. The van der Waals surface area contributed by atoms with Gasteiger partial charge in [0.15, 0.2) is 0 Å². The Bertz CT molecular complexity index is 596. The molecule has 21 heavy (non-hydrogen) atoms. The summed E-state index contributed by atoms with van der Waals surface area (Å²) in [7, 11) is 1.67. The van der Waals surface area contributed by atoms with E-state index in [9.17, 15) is 0 Å². The van der Waals surface area contributed by atoms with Crippen molar-refractivity contribution < 1.29 is 9.47 Å². The van der Waals surface area contributed by atoms with Gasteiger partial charge in [-0.1, -0.05) is 42.8 Å². The lowest BCUT2D eigenvalue weighted by Gasteiger charge is -2.19. The maximum absolute atomic E-state index is 6.47. The van der Waals surface area contributed by atoms with Crippen LogP contribution >= 0.6 is 0 Å². The van der Waals surface area contributed by atoms with Crippen LogP contribution < -0.4 is 15.2 Å². The van der Waals surface area contributed by atoms with Gasteiger partial charge in [0.25, 0.3) is 0 Å². The molecule has 0 aliphatic heterocycles. The first-order valence-electron chi connectivity index (χ1n) is 7.29. The maximum atomic E-state index is 6.47. The normalized spacial score (nSPS) is 12.0. The van der Waals surface area contributed by atoms with E-state index in [4.69, 9.17) is 15.2 Å². The zero-order valence-corrected chi connectivity index (χ0v) is 12.9. The molecule has 0 radical (unpaired) electrons. The molecule has 0 fully saturated rings. The summed E-state index contributed by atoms with van der Waals surface area (Å²) in [5.74, 6) is 1.65. The van der Waals surface area contributed by atoms with Crippen molar-refractivity contribution in [2.24, 2.45) is 5.73 Å². The summed E-state index contributed by atoms with van der Waals surface area (Å²) in [6.07, 6.45) is 0.970. The predicted octanol–water partition coefficient (Wildman–Crippen LogP) is 3.84. The van der Waals surface area contributed by atoms with E-state index in [1.54, 1.807) is 7.11 Å². The van der Waals surface area contributed by atoms with Crippen LogP contribution in [0.15, 0.2) is 42.5 Å². The summed E-state index contributed by atoms with van der Waals surface area (Å²) >= 11 is 0. The zero-order valence-electron chi connectivity index (χ0n) is 12.9. The molecule has 0 amide bonds. The van der Waals surface area contributed by atoms with E-state index in [2.05, 4.69) is 19.9 Å². The molecule has 1 unspecified atom stereocenters. The second kappa shape index (κ2) is 7.14. The molecule has 3 nitrogen and oxygen atoms in total. The van der Waals surface area contributed by atoms with Crippen LogP contribution in [0, 0.1) is 6.92 Å². The number of nitrogens with two attached hydrogens (primary N) is 1. The molecule has 2 rings (SSSR count). The van der Waals surface area contributed by atoms with Crippen molar-refractivity contribution in [2.75, 3.05) is 13.7 Å². The minimum atomic E-state index is -0.270. The predicted molar refractivity (Wildman–Crippen MR) is 86.0 cm³/mol. The molecular weight excluding hydrogens is 262 g/mol. The first kappa shape index (κ1) is 15.4. The van der Waals surface area contributed by atoms with E-state index < -0.39 is 0 Å². The highest BCUT2D eigenvalue weighted by Gasteiger charge is 2.18. The van der Waals surface area contributed by atoms with Crippen LogP contribution in [-0.4, -0.2) is 13.7 Å². The molecular formula is C18H23NO2. The van der Waals surface area contributed by atoms with Crippen LogP contribution in [-0.2, 0) is 0 Å². The highest BCUT2D eigenvalue weighted by atomic mass is 16.5. The van der Waals surface area contributed by atoms with Crippen molar-refractivity contribution in [2.45, 2.75) is 26.3 Å². The maximum Gasteiger partial charge on any atom is 0.124 e. The highest BCUT2D eigenvalue weighted by Crippen LogP contribution is 2.33. The third-order valence-corrected chi connectivity index (χ3v) is 3.44. The fourth-order valence-corrected chi connectivity index (χ4v) is 2.35. The third kappa shape index (κ3) is 3.56. The minimum absolute atomic E-state index is 0.270. The minimum Gasteiger partial charge on any atom is -0.496 e. The average Bonchev–Trinajstić information content (AvgIpc) is 2.52. The number of hydrogen-bond donors (Lipinski definition) is 1. The number of benzene rings is 2. The Morgan fingerprint density at radius 3 is 2.52 bits per heavy atom. The van der Waals surface area contributed by atoms with Crippen LogP contribution in [0.1, 0.15) is 36.1 Å². The molecule has 0 saturated heterocycles. The standard InChI is InChI=1S/C18H23NO2/c1-4-11-21-17-8-6-5-7-14(17)18(19)15-12-13(2)9-10-16(15)20-3/h5-10,12,18H,4,11,19H2,1-3H3. The molecule has 3 heteroatoms. The van der Waals surface area contributed by atoms with Crippen LogP contribution in [0.25, 0.3) is 0 Å². The lowest BCUT2D eigenvalue weighted by atomic mass is 9.96. The molecule has 0 saturated carbocycles. The van der Waals surface area contributed by atoms with Gasteiger partial charge in [-0.25, -0.2) is 0 Å². The van der Waals surface area contributed by atoms with Crippen molar-refractivity contribution in [3.8, 4) is 11.5 Å². The fourth-order valence-electron chi connectivity index (χ4n) is 2.35. The van der Waals surface area contributed by atoms with E-state index >= 15 is 0 Å². The van der Waals surface area contributed by atoms with Gasteiger partial charge in [-0.3, -0.25) is 0 Å². The van der Waals surface area contributed by atoms with Crippen molar-refractivity contribution in [3.63, 3.8) is 0 Å². The van der Waals surface area contributed by atoms with Gasteiger partial charge in [-0.15, -0.1) is 0 Å². The summed E-state index contributed by atoms with van der Waals surface area (Å²) in [5, 5.41) is 0. The summed E-state index contributed by atoms with van der Waals surface area (Å²) in [6, 6.07) is 13.7. The Morgan fingerprint density at radius 1 is 1.05 bits per heavy atom. The molecule has 0 heterocycles. The molecule has 2 N–H and O–H groups in total. The van der Waals surface area contributed by atoms with Crippen LogP contribution in [0.5, 0.6) is 11.5 Å². The lowest BCUT2D eigenvalue weighted by molar-refractivity contribution is 0.313. The van der Waals surface area contributed by atoms with Crippen molar-refractivity contribution in [1.82, 2.24) is 0 Å². The monoisotopic (exact) mass is 285 g/mol. The van der Waals surface area contributed by atoms with Gasteiger partial charge in [0.05, 0.1) is 19.8 Å². The number of hydrogen-bond acceptors (Lipinski definition) is 3. The molecule has 0 aliphatic carbocycles. The van der Waals surface area contributed by atoms with Gasteiger partial charge in [-0.2, -0.15) is 0 Å². The second-order valence-corrected chi connectivity index (χ2v) is 5.11. The largest absolute Gasteiger partial charge is 0.496 e. The third-order valence-electron chi connectivity index (χ3n) is 3.44. The number of rotatable bonds is 6. The van der Waals surface area contributed by atoms with Crippen molar-refractivity contribution in [1.29, 1.82) is 0 Å². The van der Waals surface area contributed by atoms with Crippen LogP contribution in [0.3, 0.4) is 0 Å². The average molecular weight is 285 g/mol. The Labute approximate surface area is 126 Å². The van der Waals surface area contributed by atoms with E-state index in [1.165, 1.54) is 0 Å². The van der Waals surface area contributed by atoms with E-state index in [1.807, 2.05) is 36.4 Å².